The van der Waals surface area contributed by atoms with Gasteiger partial charge in [-0.2, -0.15) is 18.4 Å². The summed E-state index contributed by atoms with van der Waals surface area (Å²) in [6.45, 7) is 0.165. The molecule has 10 heteroatoms. The van der Waals surface area contributed by atoms with Crippen LogP contribution in [0.2, 0.25) is 0 Å². The number of rotatable bonds is 4. The molecule has 1 aliphatic heterocycles. The number of aliphatic hydroxyl groups is 1. The average Bonchev–Trinajstić information content (AvgIpc) is 2.70. The van der Waals surface area contributed by atoms with Crippen LogP contribution in [-0.2, 0) is 11.2 Å². The zero-order valence-corrected chi connectivity index (χ0v) is 13.3. The molecular weight excluding hydrogens is 369 g/mol. The second kappa shape index (κ2) is 6.30. The van der Waals surface area contributed by atoms with Crippen LogP contribution >= 0.6 is 11.8 Å². The number of alkyl halides is 5. The number of ether oxygens (including phenoxy) is 2. The number of benzene rings is 1. The largest absolute Gasteiger partial charge is 0.491 e. The molecule has 2 aliphatic rings. The Hall–Kier alpha value is -1.57. The minimum absolute atomic E-state index is 0.0371. The lowest BCUT2D eigenvalue weighted by atomic mass is 10.0. The fraction of sp³-hybridized carbons (Fsp3) is 0.533. The Morgan fingerprint density at radius 1 is 1.40 bits per heavy atom. The van der Waals surface area contributed by atoms with Crippen molar-refractivity contribution in [3.05, 3.63) is 23.3 Å². The van der Waals surface area contributed by atoms with Gasteiger partial charge in [-0.3, -0.25) is 0 Å². The van der Waals surface area contributed by atoms with Crippen molar-refractivity contribution in [2.45, 2.75) is 35.0 Å². The third-order valence-electron chi connectivity index (χ3n) is 4.09. The summed E-state index contributed by atoms with van der Waals surface area (Å²) >= 11 is -0.553. The summed E-state index contributed by atoms with van der Waals surface area (Å²) in [5, 5.41) is 18.6. The molecule has 0 bridgehead atoms. The third kappa shape index (κ3) is 3.54. The standard InChI is InChI=1S/C15H12F5NO3S/c16-14(17)3-8-9(24-6-10-7(4-21)5-23-10)1-2-11(12(8)13(14)22)25-15(18,19)20/h1-2,7,10,13,22H,3,5-6H2. The molecule has 1 N–H and O–H groups in total. The van der Waals surface area contributed by atoms with Gasteiger partial charge in [0, 0.05) is 22.4 Å². The molecule has 1 aromatic carbocycles. The number of aliphatic hydroxyl groups excluding tert-OH is 1. The number of hydrogen-bond donors (Lipinski definition) is 1. The second-order valence-electron chi connectivity index (χ2n) is 5.76. The molecule has 1 saturated heterocycles. The van der Waals surface area contributed by atoms with Gasteiger partial charge in [0.25, 0.3) is 5.92 Å². The van der Waals surface area contributed by atoms with Gasteiger partial charge in [-0.05, 0) is 23.9 Å². The molecular formula is C15H12F5NO3S. The zero-order valence-electron chi connectivity index (χ0n) is 12.5. The highest BCUT2D eigenvalue weighted by atomic mass is 32.2. The summed E-state index contributed by atoms with van der Waals surface area (Å²) in [5.74, 6) is -3.99. The van der Waals surface area contributed by atoms with Crippen molar-refractivity contribution in [2.75, 3.05) is 13.2 Å². The minimum atomic E-state index is -4.67. The molecule has 3 atom stereocenters. The van der Waals surface area contributed by atoms with E-state index in [1.165, 1.54) is 6.07 Å². The molecule has 0 aromatic heterocycles. The van der Waals surface area contributed by atoms with Crippen LogP contribution in [0.25, 0.3) is 0 Å². The van der Waals surface area contributed by atoms with E-state index in [-0.39, 0.29) is 30.4 Å². The molecule has 1 aliphatic carbocycles. The lowest BCUT2D eigenvalue weighted by Crippen LogP contribution is -2.42. The van der Waals surface area contributed by atoms with Crippen molar-refractivity contribution in [2.24, 2.45) is 5.92 Å². The van der Waals surface area contributed by atoms with Crippen molar-refractivity contribution >= 4 is 11.8 Å². The molecule has 0 radical (unpaired) electrons. The van der Waals surface area contributed by atoms with E-state index >= 15 is 0 Å². The van der Waals surface area contributed by atoms with E-state index in [2.05, 4.69) is 0 Å². The molecule has 0 spiro atoms. The summed E-state index contributed by atoms with van der Waals surface area (Å²) in [7, 11) is 0. The van der Waals surface area contributed by atoms with Gasteiger partial charge in [0.15, 0.2) is 0 Å². The Labute approximate surface area is 143 Å². The van der Waals surface area contributed by atoms with Gasteiger partial charge in [-0.1, -0.05) is 0 Å². The highest BCUT2D eigenvalue weighted by molar-refractivity contribution is 8.00. The van der Waals surface area contributed by atoms with Gasteiger partial charge in [0.05, 0.1) is 18.6 Å². The maximum atomic E-state index is 13.9. The van der Waals surface area contributed by atoms with Crippen molar-refractivity contribution in [3.63, 3.8) is 0 Å². The summed E-state index contributed by atoms with van der Waals surface area (Å²) < 4.78 is 76.1. The predicted octanol–water partition coefficient (Wildman–Crippen LogP) is 3.44. The SMILES string of the molecule is N#CC1COC1COc1ccc(SC(F)(F)F)c2c1CC(F)(F)C2O. The lowest BCUT2D eigenvalue weighted by Gasteiger charge is -2.31. The van der Waals surface area contributed by atoms with Crippen LogP contribution in [0.15, 0.2) is 17.0 Å². The molecule has 25 heavy (non-hydrogen) atoms. The van der Waals surface area contributed by atoms with Gasteiger partial charge < -0.3 is 14.6 Å². The monoisotopic (exact) mass is 381 g/mol. The molecule has 0 amide bonds. The zero-order chi connectivity index (χ0) is 18.4. The third-order valence-corrected chi connectivity index (χ3v) is 4.90. The maximum absolute atomic E-state index is 13.9. The van der Waals surface area contributed by atoms with Gasteiger partial charge >= 0.3 is 5.51 Å². The maximum Gasteiger partial charge on any atom is 0.446 e. The summed E-state index contributed by atoms with van der Waals surface area (Å²) in [6.07, 6.45) is -3.77. The van der Waals surface area contributed by atoms with Crippen molar-refractivity contribution in [3.8, 4) is 11.8 Å². The Morgan fingerprint density at radius 2 is 2.12 bits per heavy atom. The van der Waals surface area contributed by atoms with Crippen LogP contribution in [-0.4, -0.2) is 35.9 Å². The average molecular weight is 381 g/mol. The first-order valence-corrected chi connectivity index (χ1v) is 8.05. The molecule has 1 aromatic rings. The lowest BCUT2D eigenvalue weighted by molar-refractivity contribution is -0.108. The fourth-order valence-electron chi connectivity index (χ4n) is 2.78. The molecule has 3 unspecified atom stereocenters. The first-order valence-electron chi connectivity index (χ1n) is 7.24. The smallest absolute Gasteiger partial charge is 0.446 e. The van der Waals surface area contributed by atoms with E-state index in [1.807, 2.05) is 6.07 Å². The number of thioether (sulfide) groups is 1. The van der Waals surface area contributed by atoms with Gasteiger partial charge in [0.2, 0.25) is 0 Å². The summed E-state index contributed by atoms with van der Waals surface area (Å²) in [5.41, 5.74) is -5.29. The Morgan fingerprint density at radius 3 is 2.68 bits per heavy atom. The van der Waals surface area contributed by atoms with Gasteiger partial charge in [-0.15, -0.1) is 0 Å². The summed E-state index contributed by atoms with van der Waals surface area (Å²) in [6, 6.07) is 4.17. The molecule has 4 nitrogen and oxygen atoms in total. The van der Waals surface area contributed by atoms with E-state index in [1.54, 1.807) is 0 Å². The van der Waals surface area contributed by atoms with Crippen LogP contribution in [0.3, 0.4) is 0 Å². The highest BCUT2D eigenvalue weighted by Gasteiger charge is 2.50. The first kappa shape index (κ1) is 18.2. The predicted molar refractivity (Wildman–Crippen MR) is 76.3 cm³/mol. The molecule has 0 saturated carbocycles. The quantitative estimate of drug-likeness (QED) is 0.640. The number of nitrogens with zero attached hydrogens (tertiary/aromatic N) is 1. The minimum Gasteiger partial charge on any atom is -0.491 e. The van der Waals surface area contributed by atoms with Crippen LogP contribution in [0.5, 0.6) is 5.75 Å². The Bertz CT molecular complexity index is 718. The van der Waals surface area contributed by atoms with Crippen LogP contribution < -0.4 is 4.74 Å². The first-order chi connectivity index (χ1) is 11.6. The number of nitriles is 1. The second-order valence-corrected chi connectivity index (χ2v) is 6.87. The molecule has 1 fully saturated rings. The molecule has 3 rings (SSSR count). The van der Waals surface area contributed by atoms with E-state index in [4.69, 9.17) is 14.7 Å². The normalized spacial score (nSPS) is 27.3. The van der Waals surface area contributed by atoms with Crippen LogP contribution in [0.4, 0.5) is 22.0 Å². The molecule has 136 valence electrons. The Kier molecular flexibility index (Phi) is 4.59. The summed E-state index contributed by atoms with van der Waals surface area (Å²) in [4.78, 5) is -0.477. The van der Waals surface area contributed by atoms with Crippen molar-refractivity contribution < 1.29 is 36.5 Å². The van der Waals surface area contributed by atoms with Crippen LogP contribution in [0.1, 0.15) is 17.2 Å². The van der Waals surface area contributed by atoms with Gasteiger partial charge in [-0.25, -0.2) is 8.78 Å². The van der Waals surface area contributed by atoms with E-state index in [0.29, 0.717) is 0 Å². The highest BCUT2D eigenvalue weighted by Crippen LogP contribution is 2.52. The Balaban J connectivity index is 1.88. The van der Waals surface area contributed by atoms with Gasteiger partial charge in [0.1, 0.15) is 24.6 Å². The molecule has 1 heterocycles. The van der Waals surface area contributed by atoms with Crippen LogP contribution in [0, 0.1) is 17.2 Å². The van der Waals surface area contributed by atoms with E-state index in [0.717, 1.165) is 6.07 Å². The number of fused-ring (bicyclic) bond motifs is 1. The van der Waals surface area contributed by atoms with Crippen molar-refractivity contribution in [1.29, 1.82) is 5.26 Å². The van der Waals surface area contributed by atoms with Crippen molar-refractivity contribution in [1.82, 2.24) is 0 Å². The van der Waals surface area contributed by atoms with E-state index in [9.17, 15) is 27.1 Å². The van der Waals surface area contributed by atoms with E-state index < -0.39 is 52.3 Å². The number of hydrogen-bond acceptors (Lipinski definition) is 5. The number of halogens is 5. The topological polar surface area (TPSA) is 62.5 Å². The fourth-order valence-corrected chi connectivity index (χ4v) is 3.51.